The van der Waals surface area contributed by atoms with E-state index in [1.54, 1.807) is 7.11 Å². The predicted octanol–water partition coefficient (Wildman–Crippen LogP) is 5.06. The molecule has 1 unspecified atom stereocenters. The summed E-state index contributed by atoms with van der Waals surface area (Å²) >= 11 is 0. The number of amides is 1. The van der Waals surface area contributed by atoms with Crippen molar-refractivity contribution in [2.24, 2.45) is 11.3 Å². The summed E-state index contributed by atoms with van der Waals surface area (Å²) in [6.07, 6.45) is 2.03. The maximum absolute atomic E-state index is 13.0. The Hall–Kier alpha value is -2.33. The number of carbonyl (C=O) groups excluding carboxylic acids is 1. The molecule has 0 bridgehead atoms. The van der Waals surface area contributed by atoms with E-state index in [1.807, 2.05) is 48.5 Å². The number of rotatable bonds is 5. The molecule has 2 aromatic carbocycles. The molecule has 4 nitrogen and oxygen atoms in total. The molecule has 1 heterocycles. The first kappa shape index (κ1) is 20.4. The van der Waals surface area contributed by atoms with Gasteiger partial charge in [-0.3, -0.25) is 4.79 Å². The Bertz CT molecular complexity index is 793. The van der Waals surface area contributed by atoms with E-state index in [0.717, 1.165) is 55.0 Å². The molecule has 1 saturated heterocycles. The number of para-hydroxylation sites is 1. The normalized spacial score (nSPS) is 17.9. The fraction of sp³-hybridized carbons (Fsp3) is 0.458. The van der Waals surface area contributed by atoms with Crippen molar-refractivity contribution >= 4 is 11.6 Å². The van der Waals surface area contributed by atoms with Gasteiger partial charge in [0, 0.05) is 24.3 Å². The maximum atomic E-state index is 13.0. The number of nitrogens with one attached hydrogen (secondary N) is 1. The van der Waals surface area contributed by atoms with Gasteiger partial charge in [-0.1, -0.05) is 51.1 Å². The number of benzene rings is 2. The first-order valence-electron chi connectivity index (χ1n) is 10.1. The predicted molar refractivity (Wildman–Crippen MR) is 116 cm³/mol. The number of piperidine rings is 1. The molecule has 0 radical (unpaired) electrons. The van der Waals surface area contributed by atoms with Crippen LogP contribution in [-0.2, 0) is 4.79 Å². The zero-order valence-corrected chi connectivity index (χ0v) is 17.5. The van der Waals surface area contributed by atoms with Crippen LogP contribution in [0.25, 0.3) is 11.1 Å². The molecule has 1 aliphatic rings. The summed E-state index contributed by atoms with van der Waals surface area (Å²) in [7, 11) is 1.66. The van der Waals surface area contributed by atoms with E-state index in [1.165, 1.54) is 0 Å². The number of hydrogen-bond donors (Lipinski definition) is 1. The van der Waals surface area contributed by atoms with Gasteiger partial charge in [0.25, 0.3) is 0 Å². The van der Waals surface area contributed by atoms with Crippen LogP contribution >= 0.6 is 0 Å². The van der Waals surface area contributed by atoms with Crippen LogP contribution in [0.1, 0.15) is 33.6 Å². The van der Waals surface area contributed by atoms with E-state index in [-0.39, 0.29) is 17.2 Å². The molecule has 2 aromatic rings. The number of anilines is 1. The van der Waals surface area contributed by atoms with E-state index in [4.69, 9.17) is 4.74 Å². The average Bonchev–Trinajstić information content (AvgIpc) is 2.67. The Kier molecular flexibility index (Phi) is 6.40. The Labute approximate surface area is 168 Å². The number of hydrogen-bond acceptors (Lipinski definition) is 3. The van der Waals surface area contributed by atoms with E-state index in [9.17, 15) is 4.79 Å². The fourth-order valence-electron chi connectivity index (χ4n) is 3.93. The average molecular weight is 381 g/mol. The van der Waals surface area contributed by atoms with Crippen LogP contribution in [0, 0.1) is 11.3 Å². The Morgan fingerprint density at radius 2 is 1.86 bits per heavy atom. The molecular weight excluding hydrogens is 348 g/mol. The summed E-state index contributed by atoms with van der Waals surface area (Å²) in [5, 5.41) is 3.19. The molecule has 0 spiro atoms. The lowest BCUT2D eigenvalue weighted by Crippen LogP contribution is -2.43. The molecule has 150 valence electrons. The number of carbonyl (C=O) groups is 1. The van der Waals surface area contributed by atoms with Crippen molar-refractivity contribution in [1.29, 1.82) is 0 Å². The van der Waals surface area contributed by atoms with Crippen molar-refractivity contribution in [3.05, 3.63) is 48.5 Å². The van der Waals surface area contributed by atoms with Crippen molar-refractivity contribution in [1.82, 2.24) is 4.90 Å². The van der Waals surface area contributed by atoms with Crippen LogP contribution in [0.2, 0.25) is 0 Å². The van der Waals surface area contributed by atoms with Crippen molar-refractivity contribution in [2.45, 2.75) is 33.6 Å². The van der Waals surface area contributed by atoms with Gasteiger partial charge in [-0.05, 0) is 48.6 Å². The molecule has 0 aliphatic carbocycles. The van der Waals surface area contributed by atoms with Crippen molar-refractivity contribution in [3.63, 3.8) is 0 Å². The van der Waals surface area contributed by atoms with Crippen LogP contribution in [0.3, 0.4) is 0 Å². The highest BCUT2D eigenvalue weighted by atomic mass is 16.5. The van der Waals surface area contributed by atoms with Gasteiger partial charge in [0.15, 0.2) is 0 Å². The van der Waals surface area contributed by atoms with Crippen LogP contribution in [0.4, 0.5) is 5.69 Å². The van der Waals surface area contributed by atoms with Crippen molar-refractivity contribution in [2.75, 3.05) is 32.1 Å². The summed E-state index contributed by atoms with van der Waals surface area (Å²) in [6, 6.07) is 15.9. The lowest BCUT2D eigenvalue weighted by atomic mass is 9.91. The minimum atomic E-state index is 0.0417. The van der Waals surface area contributed by atoms with Crippen LogP contribution in [0.5, 0.6) is 5.75 Å². The molecular formula is C24H32N2O2. The number of nitrogens with zero attached hydrogens (tertiary/aromatic N) is 1. The third-order valence-corrected chi connectivity index (χ3v) is 5.16. The molecule has 1 fully saturated rings. The van der Waals surface area contributed by atoms with Crippen molar-refractivity contribution in [3.8, 4) is 16.9 Å². The summed E-state index contributed by atoms with van der Waals surface area (Å²) in [5.41, 5.74) is 3.21. The number of methoxy groups -OCH3 is 1. The first-order valence-corrected chi connectivity index (χ1v) is 10.1. The highest BCUT2D eigenvalue weighted by Crippen LogP contribution is 2.30. The Morgan fingerprint density at radius 3 is 2.54 bits per heavy atom. The second-order valence-corrected chi connectivity index (χ2v) is 8.90. The smallest absolute Gasteiger partial charge is 0.228 e. The summed E-state index contributed by atoms with van der Waals surface area (Å²) in [6.45, 7) is 9.71. The minimum Gasteiger partial charge on any atom is -0.497 e. The molecule has 0 saturated carbocycles. The number of likely N-dealkylation sites (tertiary alicyclic amines) is 1. The van der Waals surface area contributed by atoms with Crippen LogP contribution in [0.15, 0.2) is 48.5 Å². The van der Waals surface area contributed by atoms with Crippen LogP contribution in [-0.4, -0.2) is 37.6 Å². The van der Waals surface area contributed by atoms with Crippen LogP contribution < -0.4 is 10.1 Å². The molecule has 1 atom stereocenters. The fourth-order valence-corrected chi connectivity index (χ4v) is 3.93. The highest BCUT2D eigenvalue weighted by Gasteiger charge is 2.28. The molecule has 4 heteroatoms. The Morgan fingerprint density at radius 1 is 1.14 bits per heavy atom. The summed E-state index contributed by atoms with van der Waals surface area (Å²) in [4.78, 5) is 15.4. The second-order valence-electron chi connectivity index (χ2n) is 8.90. The quantitative estimate of drug-likeness (QED) is 0.788. The van der Waals surface area contributed by atoms with E-state index in [2.05, 4.69) is 31.0 Å². The molecule has 1 N–H and O–H groups in total. The molecule has 0 aromatic heterocycles. The van der Waals surface area contributed by atoms with Gasteiger partial charge >= 0.3 is 0 Å². The maximum Gasteiger partial charge on any atom is 0.228 e. The molecule has 3 rings (SSSR count). The zero-order valence-electron chi connectivity index (χ0n) is 17.5. The number of ether oxygens (including phenoxy) is 1. The molecule has 28 heavy (non-hydrogen) atoms. The van der Waals surface area contributed by atoms with Gasteiger partial charge in [0.2, 0.25) is 5.91 Å². The minimum absolute atomic E-state index is 0.0417. The SMILES string of the molecule is COc1ccc(-c2ccccc2NC(=O)C2CCCN(CC(C)(C)C)C2)cc1. The molecule has 1 aliphatic heterocycles. The largest absolute Gasteiger partial charge is 0.497 e. The topological polar surface area (TPSA) is 41.6 Å². The van der Waals surface area contributed by atoms with Gasteiger partial charge in [0.1, 0.15) is 5.75 Å². The van der Waals surface area contributed by atoms with Gasteiger partial charge in [-0.25, -0.2) is 0 Å². The van der Waals surface area contributed by atoms with Gasteiger partial charge < -0.3 is 15.0 Å². The lowest BCUT2D eigenvalue weighted by Gasteiger charge is -2.36. The lowest BCUT2D eigenvalue weighted by molar-refractivity contribution is -0.121. The summed E-state index contributed by atoms with van der Waals surface area (Å²) < 4.78 is 5.25. The monoisotopic (exact) mass is 380 g/mol. The van der Waals surface area contributed by atoms with E-state index < -0.39 is 0 Å². The summed E-state index contributed by atoms with van der Waals surface area (Å²) in [5.74, 6) is 0.992. The van der Waals surface area contributed by atoms with E-state index >= 15 is 0 Å². The standard InChI is InChI=1S/C24H32N2O2/c1-24(2,3)17-26-15-7-8-19(16-26)23(27)25-22-10-6-5-9-21(22)18-11-13-20(28-4)14-12-18/h5-6,9-14,19H,7-8,15-17H2,1-4H3,(H,25,27). The van der Waals surface area contributed by atoms with Crippen molar-refractivity contribution < 1.29 is 9.53 Å². The highest BCUT2D eigenvalue weighted by molar-refractivity contribution is 5.97. The Balaban J connectivity index is 1.72. The third kappa shape index (κ3) is 5.35. The van der Waals surface area contributed by atoms with Gasteiger partial charge in [-0.2, -0.15) is 0 Å². The third-order valence-electron chi connectivity index (χ3n) is 5.16. The van der Waals surface area contributed by atoms with E-state index in [0.29, 0.717) is 0 Å². The second kappa shape index (κ2) is 8.78. The molecule has 1 amide bonds. The first-order chi connectivity index (χ1) is 13.4. The van der Waals surface area contributed by atoms with Gasteiger partial charge in [-0.15, -0.1) is 0 Å². The van der Waals surface area contributed by atoms with Gasteiger partial charge in [0.05, 0.1) is 13.0 Å². The zero-order chi connectivity index (χ0) is 20.1.